The minimum atomic E-state index is -1.21. The van der Waals surface area contributed by atoms with E-state index in [0.717, 1.165) is 10.7 Å². The molecule has 0 radical (unpaired) electrons. The van der Waals surface area contributed by atoms with Crippen molar-refractivity contribution >= 4 is 33.3 Å². The van der Waals surface area contributed by atoms with E-state index in [1.54, 1.807) is 31.2 Å². The Morgan fingerprint density at radius 1 is 1.19 bits per heavy atom. The van der Waals surface area contributed by atoms with Crippen LogP contribution in [0.1, 0.15) is 12.5 Å². The highest BCUT2D eigenvalue weighted by molar-refractivity contribution is 9.10. The summed E-state index contributed by atoms with van der Waals surface area (Å²) in [7, 11) is 0. The van der Waals surface area contributed by atoms with Crippen LogP contribution in [-0.2, 0) is 9.53 Å². The summed E-state index contributed by atoms with van der Waals surface area (Å²) in [6.45, 7) is 1.67. The van der Waals surface area contributed by atoms with E-state index in [1.165, 1.54) is 0 Å². The number of esters is 1. The van der Waals surface area contributed by atoms with Gasteiger partial charge >= 0.3 is 5.97 Å². The fraction of sp³-hybridized carbons (Fsp3) is 0.111. The molecule has 0 aliphatic rings. The van der Waals surface area contributed by atoms with Crippen molar-refractivity contribution in [3.05, 3.63) is 75.7 Å². The van der Waals surface area contributed by atoms with Crippen molar-refractivity contribution in [2.45, 2.75) is 6.92 Å². The first kappa shape index (κ1) is 19.7. The third-order valence-corrected chi connectivity index (χ3v) is 3.77. The predicted octanol–water partition coefficient (Wildman–Crippen LogP) is 4.39. The summed E-state index contributed by atoms with van der Waals surface area (Å²) in [5.74, 6) is -4.31. The minimum absolute atomic E-state index is 0.0725. The van der Waals surface area contributed by atoms with Crippen LogP contribution in [-0.4, -0.2) is 18.3 Å². The van der Waals surface area contributed by atoms with E-state index in [2.05, 4.69) is 20.9 Å². The number of rotatable bonds is 5. The van der Waals surface area contributed by atoms with Crippen LogP contribution in [0.2, 0.25) is 0 Å². The molecule has 0 fully saturated rings. The molecule has 2 aromatic rings. The summed E-state index contributed by atoms with van der Waals surface area (Å²) in [5.41, 5.74) is 4.85. The Morgan fingerprint density at radius 2 is 1.77 bits per heavy atom. The number of benzene rings is 2. The molecule has 2 aromatic carbocycles. The first-order chi connectivity index (χ1) is 12.4. The van der Waals surface area contributed by atoms with Gasteiger partial charge in [-0.15, -0.1) is 0 Å². The Hall–Kier alpha value is -2.61. The highest BCUT2D eigenvalue weighted by atomic mass is 79.9. The van der Waals surface area contributed by atoms with Gasteiger partial charge in [0.2, 0.25) is 0 Å². The second-order valence-electron chi connectivity index (χ2n) is 4.99. The van der Waals surface area contributed by atoms with Gasteiger partial charge in [0.15, 0.2) is 11.6 Å². The SMILES string of the molecule is CCOC(=O)C(=CN)C(=Nc1c(F)cc(F)cc1F)c1ccc(Br)cc1. The smallest absolute Gasteiger partial charge is 0.341 e. The van der Waals surface area contributed by atoms with Crippen LogP contribution >= 0.6 is 15.9 Å². The third-order valence-electron chi connectivity index (χ3n) is 3.24. The minimum Gasteiger partial charge on any atom is -0.462 e. The lowest BCUT2D eigenvalue weighted by atomic mass is 10.0. The molecule has 0 aliphatic carbocycles. The molecule has 8 heteroatoms. The van der Waals surface area contributed by atoms with E-state index in [9.17, 15) is 18.0 Å². The van der Waals surface area contributed by atoms with Crippen molar-refractivity contribution < 1.29 is 22.7 Å². The molecular weight excluding hydrogens is 413 g/mol. The number of carbonyl (C=O) groups excluding carboxylic acids is 1. The molecule has 0 spiro atoms. The van der Waals surface area contributed by atoms with Crippen molar-refractivity contribution in [3.63, 3.8) is 0 Å². The third kappa shape index (κ3) is 4.51. The average Bonchev–Trinajstić information content (AvgIpc) is 2.58. The lowest BCUT2D eigenvalue weighted by molar-refractivity contribution is -0.137. The number of hydrogen-bond acceptors (Lipinski definition) is 4. The molecule has 0 saturated carbocycles. The van der Waals surface area contributed by atoms with E-state index in [4.69, 9.17) is 10.5 Å². The van der Waals surface area contributed by atoms with Crippen molar-refractivity contribution in [2.24, 2.45) is 10.7 Å². The van der Waals surface area contributed by atoms with Gasteiger partial charge in [0.05, 0.1) is 12.3 Å². The second kappa shape index (κ2) is 8.66. The fourth-order valence-corrected chi connectivity index (χ4v) is 2.36. The molecule has 0 aromatic heterocycles. The largest absolute Gasteiger partial charge is 0.462 e. The number of halogens is 4. The molecule has 2 N–H and O–H groups in total. The zero-order valence-corrected chi connectivity index (χ0v) is 15.2. The average molecular weight is 427 g/mol. The lowest BCUT2D eigenvalue weighted by Gasteiger charge is -2.11. The summed E-state index contributed by atoms with van der Waals surface area (Å²) in [5, 5.41) is 0. The quantitative estimate of drug-likeness (QED) is 0.437. The topological polar surface area (TPSA) is 64.7 Å². The molecule has 26 heavy (non-hydrogen) atoms. The Kier molecular flexibility index (Phi) is 6.57. The van der Waals surface area contributed by atoms with Gasteiger partial charge in [-0.05, 0) is 19.1 Å². The molecule has 0 atom stereocenters. The second-order valence-corrected chi connectivity index (χ2v) is 5.90. The van der Waals surface area contributed by atoms with Gasteiger partial charge in [0, 0.05) is 28.4 Å². The maximum atomic E-state index is 14.0. The van der Waals surface area contributed by atoms with Crippen LogP contribution in [0.3, 0.4) is 0 Å². The van der Waals surface area contributed by atoms with E-state index in [0.29, 0.717) is 17.7 Å². The van der Waals surface area contributed by atoms with Crippen LogP contribution in [0.4, 0.5) is 18.9 Å². The van der Waals surface area contributed by atoms with Crippen LogP contribution < -0.4 is 5.73 Å². The molecule has 4 nitrogen and oxygen atoms in total. The van der Waals surface area contributed by atoms with E-state index < -0.39 is 29.1 Å². The Balaban J connectivity index is 2.68. The fourth-order valence-electron chi connectivity index (χ4n) is 2.09. The lowest BCUT2D eigenvalue weighted by Crippen LogP contribution is -2.18. The Morgan fingerprint density at radius 3 is 2.27 bits per heavy atom. The normalized spacial score (nSPS) is 12.2. The van der Waals surface area contributed by atoms with Gasteiger partial charge in [0.25, 0.3) is 0 Å². The van der Waals surface area contributed by atoms with Crippen molar-refractivity contribution in [1.29, 1.82) is 0 Å². The maximum Gasteiger partial charge on any atom is 0.341 e. The van der Waals surface area contributed by atoms with Crippen molar-refractivity contribution in [2.75, 3.05) is 6.61 Å². The molecule has 0 heterocycles. The molecule has 0 bridgehead atoms. The van der Waals surface area contributed by atoms with Crippen molar-refractivity contribution in [1.82, 2.24) is 0 Å². The van der Waals surface area contributed by atoms with E-state index in [1.807, 2.05) is 0 Å². The highest BCUT2D eigenvalue weighted by Gasteiger charge is 2.21. The molecule has 0 saturated heterocycles. The summed E-state index contributed by atoms with van der Waals surface area (Å²) in [6, 6.07) is 7.45. The summed E-state index contributed by atoms with van der Waals surface area (Å²) >= 11 is 3.27. The predicted molar refractivity (Wildman–Crippen MR) is 95.6 cm³/mol. The number of nitrogens with two attached hydrogens (primary N) is 1. The molecule has 0 unspecified atom stereocenters. The van der Waals surface area contributed by atoms with Crippen molar-refractivity contribution in [3.8, 4) is 0 Å². The molecule has 0 aliphatic heterocycles. The van der Waals surface area contributed by atoms with Crippen LogP contribution in [0.25, 0.3) is 0 Å². The summed E-state index contributed by atoms with van der Waals surface area (Å²) in [6.07, 6.45) is 0.943. The first-order valence-corrected chi connectivity index (χ1v) is 8.25. The number of hydrogen-bond donors (Lipinski definition) is 1. The monoisotopic (exact) mass is 426 g/mol. The molecule has 136 valence electrons. The van der Waals surface area contributed by atoms with Crippen LogP contribution in [0.5, 0.6) is 0 Å². The van der Waals surface area contributed by atoms with Gasteiger partial charge in [0.1, 0.15) is 17.1 Å². The zero-order valence-electron chi connectivity index (χ0n) is 13.6. The summed E-state index contributed by atoms with van der Waals surface area (Å²) in [4.78, 5) is 16.1. The number of carbonyl (C=O) groups is 1. The van der Waals surface area contributed by atoms with Crippen LogP contribution in [0.15, 0.2) is 57.6 Å². The standard InChI is InChI=1S/C18H14BrF3N2O2/c1-2-26-18(25)13(9-23)16(10-3-5-11(19)6-4-10)24-17-14(21)7-12(20)8-15(17)22/h3-9H,2,23H2,1H3. The Bertz CT molecular complexity index is 858. The van der Waals surface area contributed by atoms with Crippen LogP contribution in [0, 0.1) is 17.5 Å². The number of nitrogens with zero attached hydrogens (tertiary/aromatic N) is 1. The number of aliphatic imine (C=N–C) groups is 1. The molecular formula is C18H14BrF3N2O2. The highest BCUT2D eigenvalue weighted by Crippen LogP contribution is 2.26. The number of ether oxygens (including phenoxy) is 1. The Labute approximate surface area is 156 Å². The van der Waals surface area contributed by atoms with E-state index >= 15 is 0 Å². The van der Waals surface area contributed by atoms with Gasteiger partial charge in [-0.2, -0.15) is 0 Å². The van der Waals surface area contributed by atoms with E-state index in [-0.39, 0.29) is 17.9 Å². The maximum absolute atomic E-state index is 14.0. The molecule has 2 rings (SSSR count). The van der Waals surface area contributed by atoms with Gasteiger partial charge < -0.3 is 10.5 Å². The van der Waals surface area contributed by atoms with Gasteiger partial charge in [-0.3, -0.25) is 0 Å². The zero-order chi connectivity index (χ0) is 19.3. The van der Waals surface area contributed by atoms with Gasteiger partial charge in [-0.1, -0.05) is 28.1 Å². The van der Waals surface area contributed by atoms with Gasteiger partial charge in [-0.25, -0.2) is 23.0 Å². The molecule has 0 amide bonds. The first-order valence-electron chi connectivity index (χ1n) is 7.46. The summed E-state index contributed by atoms with van der Waals surface area (Å²) < 4.78 is 46.8.